The number of nitriles is 1. The second-order valence-electron chi connectivity index (χ2n) is 12.3. The maximum atomic E-state index is 11.7. The SMILES string of the molecule is CC[C@@]1(O)CC[C@H]2[C@@H](CC[C@@H]3[C@@H]2CC[C@@]2(C)[C@H]3CC[C@@H]2[C@@](C)(O)Cn2cc(C#N)cn2)C1. The number of fused-ring (bicyclic) bond motifs is 5. The van der Waals surface area contributed by atoms with Crippen molar-refractivity contribution in [2.24, 2.45) is 40.9 Å². The molecule has 5 heteroatoms. The number of aliphatic hydroxyl groups is 2. The van der Waals surface area contributed by atoms with Gasteiger partial charge in [-0.2, -0.15) is 10.4 Å². The monoisotopic (exact) mass is 439 g/mol. The molecule has 4 saturated carbocycles. The van der Waals surface area contributed by atoms with E-state index in [1.165, 1.54) is 38.5 Å². The van der Waals surface area contributed by atoms with Gasteiger partial charge in [0.05, 0.1) is 29.5 Å². The largest absolute Gasteiger partial charge is 0.390 e. The van der Waals surface area contributed by atoms with Crippen molar-refractivity contribution in [2.75, 3.05) is 0 Å². The van der Waals surface area contributed by atoms with Crippen LogP contribution in [0.5, 0.6) is 0 Å². The van der Waals surface area contributed by atoms with Crippen molar-refractivity contribution >= 4 is 0 Å². The molecule has 1 aromatic heterocycles. The summed E-state index contributed by atoms with van der Waals surface area (Å²) in [5.41, 5.74) is -0.501. The fourth-order valence-electron chi connectivity index (χ4n) is 9.25. The standard InChI is InChI=1S/C27H41N3O2/c1-4-27(32)12-10-20-19(13-27)5-6-22-21(20)9-11-25(2)23(22)7-8-24(25)26(3,31)17-30-16-18(14-28)15-29-30/h15-16,19-24,31-32H,4-13,17H2,1-3H3/t19-,20-,21+,22+,23-,24-,25-,26-,27+/m0/s1. The van der Waals surface area contributed by atoms with Crippen LogP contribution in [0.4, 0.5) is 0 Å². The van der Waals surface area contributed by atoms with Crippen LogP contribution in [0.25, 0.3) is 0 Å². The Labute approximate surface area is 193 Å². The topological polar surface area (TPSA) is 82.1 Å². The summed E-state index contributed by atoms with van der Waals surface area (Å²) in [5.74, 6) is 4.11. The molecular weight excluding hydrogens is 398 g/mol. The van der Waals surface area contributed by atoms with E-state index in [1.807, 2.05) is 6.92 Å². The summed E-state index contributed by atoms with van der Waals surface area (Å²) in [6, 6.07) is 2.14. The molecule has 1 heterocycles. The Morgan fingerprint density at radius 2 is 1.94 bits per heavy atom. The highest BCUT2D eigenvalue weighted by molar-refractivity contribution is 5.21. The zero-order valence-corrected chi connectivity index (χ0v) is 20.1. The van der Waals surface area contributed by atoms with Gasteiger partial charge < -0.3 is 10.2 Å². The molecule has 4 aliphatic rings. The Balaban J connectivity index is 1.32. The molecule has 0 aliphatic heterocycles. The molecule has 5 rings (SSSR count). The lowest BCUT2D eigenvalue weighted by molar-refractivity contribution is -0.129. The van der Waals surface area contributed by atoms with Gasteiger partial charge in [-0.05, 0) is 112 Å². The first-order valence-corrected chi connectivity index (χ1v) is 13.1. The fourth-order valence-corrected chi connectivity index (χ4v) is 9.25. The van der Waals surface area contributed by atoms with Gasteiger partial charge in [-0.3, -0.25) is 4.68 Å². The van der Waals surface area contributed by atoms with Crippen molar-refractivity contribution < 1.29 is 10.2 Å². The van der Waals surface area contributed by atoms with Gasteiger partial charge in [0.25, 0.3) is 0 Å². The van der Waals surface area contributed by atoms with Crippen LogP contribution in [0.3, 0.4) is 0 Å². The van der Waals surface area contributed by atoms with Crippen molar-refractivity contribution in [1.82, 2.24) is 9.78 Å². The number of rotatable bonds is 4. The van der Waals surface area contributed by atoms with Crippen molar-refractivity contribution in [3.05, 3.63) is 18.0 Å². The van der Waals surface area contributed by atoms with Crippen molar-refractivity contribution in [3.8, 4) is 6.07 Å². The molecule has 1 aromatic rings. The van der Waals surface area contributed by atoms with Gasteiger partial charge in [0, 0.05) is 6.20 Å². The fraction of sp³-hybridized carbons (Fsp3) is 0.852. The Hall–Kier alpha value is -1.38. The zero-order chi connectivity index (χ0) is 22.7. The predicted octanol–water partition coefficient (Wildman–Crippen LogP) is 4.92. The quantitative estimate of drug-likeness (QED) is 0.698. The molecule has 0 spiro atoms. The first-order valence-electron chi connectivity index (χ1n) is 13.1. The highest BCUT2D eigenvalue weighted by atomic mass is 16.3. The van der Waals surface area contributed by atoms with E-state index in [0.29, 0.717) is 23.9 Å². The summed E-state index contributed by atoms with van der Waals surface area (Å²) in [5, 5.41) is 36.0. The molecule has 0 bridgehead atoms. The summed E-state index contributed by atoms with van der Waals surface area (Å²) in [4.78, 5) is 0. The first-order chi connectivity index (χ1) is 15.2. The van der Waals surface area contributed by atoms with Crippen LogP contribution in [-0.4, -0.2) is 31.2 Å². The average Bonchev–Trinajstić information content (AvgIpc) is 3.36. The number of aromatic nitrogens is 2. The van der Waals surface area contributed by atoms with Crippen LogP contribution in [0.1, 0.15) is 90.5 Å². The van der Waals surface area contributed by atoms with Gasteiger partial charge in [-0.15, -0.1) is 0 Å². The lowest BCUT2D eigenvalue weighted by Crippen LogP contribution is -2.53. The van der Waals surface area contributed by atoms with Gasteiger partial charge in [0.1, 0.15) is 6.07 Å². The molecule has 0 saturated heterocycles. The van der Waals surface area contributed by atoms with Gasteiger partial charge in [0.15, 0.2) is 0 Å². The van der Waals surface area contributed by atoms with Gasteiger partial charge in [0.2, 0.25) is 0 Å². The normalized spacial score (nSPS) is 45.2. The molecule has 32 heavy (non-hydrogen) atoms. The summed E-state index contributed by atoms with van der Waals surface area (Å²) in [7, 11) is 0. The Morgan fingerprint density at radius 3 is 2.66 bits per heavy atom. The van der Waals surface area contributed by atoms with E-state index in [9.17, 15) is 10.2 Å². The minimum absolute atomic E-state index is 0.182. The van der Waals surface area contributed by atoms with Crippen LogP contribution in [0.15, 0.2) is 12.4 Å². The molecule has 4 aliphatic carbocycles. The van der Waals surface area contributed by atoms with E-state index < -0.39 is 11.2 Å². The highest BCUT2D eigenvalue weighted by Gasteiger charge is 2.60. The third kappa shape index (κ3) is 3.53. The lowest BCUT2D eigenvalue weighted by atomic mass is 9.48. The van der Waals surface area contributed by atoms with Crippen LogP contribution in [-0.2, 0) is 6.54 Å². The van der Waals surface area contributed by atoms with Gasteiger partial charge >= 0.3 is 0 Å². The predicted molar refractivity (Wildman–Crippen MR) is 123 cm³/mol. The summed E-state index contributed by atoms with van der Waals surface area (Å²) in [6.07, 6.45) is 14.9. The summed E-state index contributed by atoms with van der Waals surface area (Å²) in [6.45, 7) is 7.06. The molecular formula is C27H41N3O2. The maximum absolute atomic E-state index is 11.7. The van der Waals surface area contributed by atoms with Crippen molar-refractivity contribution in [2.45, 2.75) is 103 Å². The van der Waals surface area contributed by atoms with E-state index in [1.54, 1.807) is 17.1 Å². The second-order valence-corrected chi connectivity index (χ2v) is 12.3. The maximum Gasteiger partial charge on any atom is 0.102 e. The van der Waals surface area contributed by atoms with Crippen molar-refractivity contribution in [1.29, 1.82) is 5.26 Å². The van der Waals surface area contributed by atoms with Crippen LogP contribution >= 0.6 is 0 Å². The molecule has 176 valence electrons. The summed E-state index contributed by atoms with van der Waals surface area (Å²) < 4.78 is 1.75. The molecule has 0 radical (unpaired) electrons. The molecule has 0 aromatic carbocycles. The number of nitrogens with zero attached hydrogens (tertiary/aromatic N) is 3. The van der Waals surface area contributed by atoms with E-state index in [0.717, 1.165) is 43.4 Å². The lowest BCUT2D eigenvalue weighted by Gasteiger charge is -2.58. The second kappa shape index (κ2) is 7.84. The van der Waals surface area contributed by atoms with E-state index >= 15 is 0 Å². The Kier molecular flexibility index (Phi) is 5.49. The van der Waals surface area contributed by atoms with E-state index in [4.69, 9.17) is 5.26 Å². The minimum atomic E-state index is -0.825. The number of hydrogen-bond donors (Lipinski definition) is 2. The highest BCUT2D eigenvalue weighted by Crippen LogP contribution is 2.66. The van der Waals surface area contributed by atoms with Crippen LogP contribution < -0.4 is 0 Å². The molecule has 0 amide bonds. The third-order valence-corrected chi connectivity index (χ3v) is 10.8. The first kappa shape index (κ1) is 22.4. The molecule has 2 N–H and O–H groups in total. The van der Waals surface area contributed by atoms with Crippen molar-refractivity contribution in [3.63, 3.8) is 0 Å². The summed E-state index contributed by atoms with van der Waals surface area (Å²) >= 11 is 0. The van der Waals surface area contributed by atoms with E-state index in [-0.39, 0.29) is 11.3 Å². The Bertz CT molecular complexity index is 888. The third-order valence-electron chi connectivity index (χ3n) is 10.8. The smallest absolute Gasteiger partial charge is 0.102 e. The van der Waals surface area contributed by atoms with Crippen LogP contribution in [0, 0.1) is 52.3 Å². The van der Waals surface area contributed by atoms with E-state index in [2.05, 4.69) is 25.0 Å². The molecule has 4 fully saturated rings. The van der Waals surface area contributed by atoms with Gasteiger partial charge in [-0.25, -0.2) is 0 Å². The molecule has 5 nitrogen and oxygen atoms in total. The molecule has 9 atom stereocenters. The zero-order valence-electron chi connectivity index (χ0n) is 20.1. The average molecular weight is 440 g/mol. The molecule has 0 unspecified atom stereocenters. The minimum Gasteiger partial charge on any atom is -0.390 e. The number of hydrogen-bond acceptors (Lipinski definition) is 4. The Morgan fingerprint density at radius 1 is 1.16 bits per heavy atom. The van der Waals surface area contributed by atoms with Gasteiger partial charge in [-0.1, -0.05) is 13.8 Å². The van der Waals surface area contributed by atoms with Crippen LogP contribution in [0.2, 0.25) is 0 Å².